The molecule has 10 heteroatoms. The number of hydrogen-bond donors (Lipinski definition) is 1. The molecule has 0 radical (unpaired) electrons. The SMILES string of the molecule is C=CCOC(=O)Oc1c(-c2c(O)n(C(=O)OC(C)(C)C)c3ccccc23)c2ccccc2n1C(=O)OC(C)(C)C. The Bertz CT molecular complexity index is 1630. The van der Waals surface area contributed by atoms with Gasteiger partial charge < -0.3 is 24.1 Å². The van der Waals surface area contributed by atoms with Gasteiger partial charge >= 0.3 is 18.3 Å². The fourth-order valence-electron chi connectivity index (χ4n) is 4.24. The number of carbonyl (C=O) groups excluding carboxylic acids is 3. The molecule has 0 aliphatic carbocycles. The number of benzene rings is 2. The largest absolute Gasteiger partial charge is 0.515 e. The lowest BCUT2D eigenvalue weighted by Crippen LogP contribution is -2.28. The Morgan fingerprint density at radius 3 is 1.80 bits per heavy atom. The molecule has 0 fully saturated rings. The molecule has 210 valence electrons. The summed E-state index contributed by atoms with van der Waals surface area (Å²) in [5.41, 5.74) is -0.715. The molecular weight excluding hydrogens is 516 g/mol. The molecule has 0 saturated carbocycles. The predicted molar refractivity (Wildman–Crippen MR) is 150 cm³/mol. The number of aromatic hydroxyl groups is 1. The van der Waals surface area contributed by atoms with E-state index < -0.39 is 35.4 Å². The van der Waals surface area contributed by atoms with E-state index in [2.05, 4.69) is 6.58 Å². The van der Waals surface area contributed by atoms with Gasteiger partial charge in [-0.1, -0.05) is 49.1 Å². The maximum atomic E-state index is 13.5. The van der Waals surface area contributed by atoms with Gasteiger partial charge in [0.15, 0.2) is 0 Å². The molecule has 1 N–H and O–H groups in total. The smallest absolute Gasteiger partial charge is 0.494 e. The van der Waals surface area contributed by atoms with Crippen molar-refractivity contribution in [1.82, 2.24) is 9.13 Å². The maximum absolute atomic E-state index is 13.5. The van der Waals surface area contributed by atoms with Gasteiger partial charge in [0, 0.05) is 10.8 Å². The first kappa shape index (κ1) is 28.3. The molecule has 4 aromatic rings. The normalized spacial score (nSPS) is 11.8. The number of fused-ring (bicyclic) bond motifs is 2. The number of ether oxygens (including phenoxy) is 4. The zero-order valence-electron chi connectivity index (χ0n) is 23.3. The number of nitrogens with zero attached hydrogens (tertiary/aromatic N) is 2. The Morgan fingerprint density at radius 2 is 1.27 bits per heavy atom. The lowest BCUT2D eigenvalue weighted by molar-refractivity contribution is 0.0514. The van der Waals surface area contributed by atoms with Crippen molar-refractivity contribution in [3.8, 4) is 22.9 Å². The molecule has 10 nitrogen and oxygen atoms in total. The van der Waals surface area contributed by atoms with E-state index in [0.29, 0.717) is 21.8 Å². The summed E-state index contributed by atoms with van der Waals surface area (Å²) in [6.07, 6.45) is -1.37. The van der Waals surface area contributed by atoms with Crippen LogP contribution in [0.3, 0.4) is 0 Å². The minimum Gasteiger partial charge on any atom is -0.494 e. The van der Waals surface area contributed by atoms with E-state index in [-0.39, 0.29) is 23.6 Å². The Kier molecular flexibility index (Phi) is 7.38. The monoisotopic (exact) mass is 548 g/mol. The summed E-state index contributed by atoms with van der Waals surface area (Å²) in [5.74, 6) is -0.723. The zero-order valence-corrected chi connectivity index (χ0v) is 23.3. The molecule has 4 rings (SSSR count). The minimum atomic E-state index is -1.11. The van der Waals surface area contributed by atoms with Gasteiger partial charge in [0.1, 0.15) is 17.8 Å². The Hall–Kier alpha value is -4.73. The molecule has 40 heavy (non-hydrogen) atoms. The summed E-state index contributed by atoms with van der Waals surface area (Å²) in [6, 6.07) is 13.6. The fraction of sp³-hybridized carbons (Fsp3) is 0.300. The highest BCUT2D eigenvalue weighted by molar-refractivity contribution is 6.14. The van der Waals surface area contributed by atoms with Crippen molar-refractivity contribution in [3.05, 3.63) is 61.2 Å². The molecule has 0 atom stereocenters. The molecule has 2 heterocycles. The van der Waals surface area contributed by atoms with E-state index in [1.165, 1.54) is 6.08 Å². The van der Waals surface area contributed by atoms with E-state index in [9.17, 15) is 19.5 Å². The van der Waals surface area contributed by atoms with Crippen LogP contribution in [0.25, 0.3) is 32.9 Å². The van der Waals surface area contributed by atoms with Crippen molar-refractivity contribution >= 4 is 40.1 Å². The van der Waals surface area contributed by atoms with Crippen LogP contribution >= 0.6 is 0 Å². The maximum Gasteiger partial charge on any atom is 0.515 e. The van der Waals surface area contributed by atoms with Crippen LogP contribution in [0.2, 0.25) is 0 Å². The number of carbonyl (C=O) groups is 3. The second kappa shape index (κ2) is 10.4. The Balaban J connectivity index is 2.08. The van der Waals surface area contributed by atoms with Crippen molar-refractivity contribution in [1.29, 1.82) is 0 Å². The standard InChI is InChI=1S/C30H32N2O8/c1-8-17-37-28(36)38-25-23(19-14-10-12-16-21(19)32(25)27(35)40-30(5,6)7)22-18-13-9-11-15-20(18)31(24(22)33)26(34)39-29(2,3)4/h8-16,33H,1,17H2,2-7H3. The van der Waals surface area contributed by atoms with Gasteiger partial charge in [-0.05, 0) is 53.7 Å². The molecule has 0 unspecified atom stereocenters. The number of rotatable bonds is 4. The topological polar surface area (TPSA) is 118 Å². The molecule has 0 spiro atoms. The summed E-state index contributed by atoms with van der Waals surface area (Å²) in [6.45, 7) is 13.6. The van der Waals surface area contributed by atoms with Crippen molar-refractivity contribution in [2.24, 2.45) is 0 Å². The Labute approximate surface area is 231 Å². The molecule has 0 bridgehead atoms. The van der Waals surface area contributed by atoms with Crippen LogP contribution in [0, 0.1) is 0 Å². The van der Waals surface area contributed by atoms with Crippen molar-refractivity contribution in [2.75, 3.05) is 6.61 Å². The Morgan fingerprint density at radius 1 is 0.800 bits per heavy atom. The van der Waals surface area contributed by atoms with Crippen LogP contribution in [-0.2, 0) is 14.2 Å². The van der Waals surface area contributed by atoms with Crippen LogP contribution < -0.4 is 4.74 Å². The van der Waals surface area contributed by atoms with Gasteiger partial charge in [0.05, 0.1) is 22.2 Å². The van der Waals surface area contributed by atoms with Gasteiger partial charge in [-0.15, -0.1) is 0 Å². The number of aromatic nitrogens is 2. The predicted octanol–water partition coefficient (Wildman–Crippen LogP) is 7.24. The summed E-state index contributed by atoms with van der Waals surface area (Å²) in [4.78, 5) is 39.5. The first-order valence-corrected chi connectivity index (χ1v) is 12.6. The molecular formula is C30H32N2O8. The van der Waals surface area contributed by atoms with Gasteiger partial charge in [-0.25, -0.2) is 23.5 Å². The highest BCUT2D eigenvalue weighted by Gasteiger charge is 2.34. The van der Waals surface area contributed by atoms with Gasteiger partial charge in [0.2, 0.25) is 11.8 Å². The van der Waals surface area contributed by atoms with Crippen LogP contribution in [0.1, 0.15) is 41.5 Å². The van der Waals surface area contributed by atoms with Gasteiger partial charge in [-0.3, -0.25) is 0 Å². The molecule has 0 aliphatic rings. The summed E-state index contributed by atoms with van der Waals surface area (Å²) < 4.78 is 24.0. The average molecular weight is 549 g/mol. The second-order valence-corrected chi connectivity index (χ2v) is 11.0. The summed E-state index contributed by atoms with van der Waals surface area (Å²) >= 11 is 0. The molecule has 0 saturated heterocycles. The van der Waals surface area contributed by atoms with E-state index in [4.69, 9.17) is 18.9 Å². The summed E-state index contributed by atoms with van der Waals surface area (Å²) in [7, 11) is 0. The van der Waals surface area contributed by atoms with Gasteiger partial charge in [-0.2, -0.15) is 0 Å². The molecule has 0 amide bonds. The van der Waals surface area contributed by atoms with Crippen LogP contribution in [0.5, 0.6) is 11.8 Å². The molecule has 0 aliphatic heterocycles. The third kappa shape index (κ3) is 5.51. The first-order chi connectivity index (χ1) is 18.7. The van der Waals surface area contributed by atoms with Crippen molar-refractivity contribution < 1.29 is 38.4 Å². The zero-order chi connectivity index (χ0) is 29.4. The van der Waals surface area contributed by atoms with E-state index in [1.807, 2.05) is 0 Å². The second-order valence-electron chi connectivity index (χ2n) is 11.0. The van der Waals surface area contributed by atoms with Crippen molar-refractivity contribution in [3.63, 3.8) is 0 Å². The highest BCUT2D eigenvalue weighted by atomic mass is 16.7. The van der Waals surface area contributed by atoms with Gasteiger partial charge in [0.25, 0.3) is 0 Å². The molecule has 2 aromatic heterocycles. The number of para-hydroxylation sites is 2. The van der Waals surface area contributed by atoms with E-state index in [0.717, 1.165) is 9.13 Å². The van der Waals surface area contributed by atoms with Crippen LogP contribution in [0.15, 0.2) is 61.2 Å². The number of hydrogen-bond acceptors (Lipinski definition) is 8. The van der Waals surface area contributed by atoms with Crippen LogP contribution in [-0.4, -0.2) is 50.4 Å². The lowest BCUT2D eigenvalue weighted by Gasteiger charge is -2.21. The van der Waals surface area contributed by atoms with Crippen LogP contribution in [0.4, 0.5) is 14.4 Å². The summed E-state index contributed by atoms with van der Waals surface area (Å²) in [5, 5.41) is 12.5. The third-order valence-corrected chi connectivity index (χ3v) is 5.58. The van der Waals surface area contributed by atoms with E-state index >= 15 is 0 Å². The fourth-order valence-corrected chi connectivity index (χ4v) is 4.24. The highest BCUT2D eigenvalue weighted by Crippen LogP contribution is 2.48. The molecule has 2 aromatic carbocycles. The minimum absolute atomic E-state index is 0.135. The van der Waals surface area contributed by atoms with Crippen molar-refractivity contribution in [2.45, 2.75) is 52.7 Å². The quantitative estimate of drug-likeness (QED) is 0.161. The van der Waals surface area contributed by atoms with E-state index in [1.54, 1.807) is 90.1 Å². The lowest BCUT2D eigenvalue weighted by atomic mass is 10.0. The average Bonchev–Trinajstić information content (AvgIpc) is 3.31. The third-order valence-electron chi connectivity index (χ3n) is 5.58. The first-order valence-electron chi connectivity index (χ1n) is 12.6.